The lowest BCUT2D eigenvalue weighted by molar-refractivity contribution is 0.0954. The number of aromatic nitrogens is 1. The van der Waals surface area contributed by atoms with E-state index in [1.807, 2.05) is 75.5 Å². The molecule has 0 aliphatic heterocycles. The molecule has 1 amide bonds. The molecule has 26 heavy (non-hydrogen) atoms. The van der Waals surface area contributed by atoms with E-state index < -0.39 is 5.91 Å². The predicted molar refractivity (Wildman–Crippen MR) is 115 cm³/mol. The molecule has 2 aromatic carbocycles. The number of benzene rings is 2. The predicted octanol–water partition coefficient (Wildman–Crippen LogP) is 4.33. The van der Waals surface area contributed by atoms with Crippen LogP contribution in [0.4, 0.5) is 0 Å². The number of hydrogen-bond acceptors (Lipinski definition) is 5. The van der Waals surface area contributed by atoms with Gasteiger partial charge in [-0.3, -0.25) is 4.79 Å². The van der Waals surface area contributed by atoms with E-state index in [9.17, 15) is 9.90 Å². The molecule has 0 spiro atoms. The number of carbonyl (C=O) groups is 1. The molecule has 2 N–H and O–H groups in total. The number of rotatable bonds is 4. The van der Waals surface area contributed by atoms with Gasteiger partial charge < -0.3 is 9.63 Å². The quantitative estimate of drug-likeness (QED) is 0.277. The molecule has 0 saturated carbocycles. The minimum absolute atomic E-state index is 0.236. The molecule has 0 radical (unpaired) electrons. The maximum Gasteiger partial charge on any atom is 0.277 e. The second kappa shape index (κ2) is 8.16. The summed E-state index contributed by atoms with van der Waals surface area (Å²) in [5, 5.41) is 17.8. The third-order valence-electron chi connectivity index (χ3n) is 3.56. The standard InChI is InChI=1S/C18H13I2N3O3/c1-10-15(16(23-26-10)12-5-3-2-4-6-12)18(25)22-21-9-11-7-13(19)17(24)14(20)8-11/h2-9,24H,1H3,(H,22,25)/b21-9+. The molecule has 3 aromatic rings. The number of nitrogens with zero attached hydrogens (tertiary/aromatic N) is 2. The Hall–Kier alpha value is -1.95. The Morgan fingerprint density at radius 2 is 1.88 bits per heavy atom. The first-order chi connectivity index (χ1) is 12.5. The van der Waals surface area contributed by atoms with Crippen molar-refractivity contribution in [1.29, 1.82) is 0 Å². The van der Waals surface area contributed by atoms with E-state index in [2.05, 4.69) is 15.7 Å². The molecule has 8 heteroatoms. The number of hydrogen-bond donors (Lipinski definition) is 2. The third-order valence-corrected chi connectivity index (χ3v) is 5.20. The first-order valence-electron chi connectivity index (χ1n) is 7.50. The molecule has 132 valence electrons. The number of nitrogens with one attached hydrogen (secondary N) is 1. The van der Waals surface area contributed by atoms with E-state index in [1.165, 1.54) is 6.21 Å². The van der Waals surface area contributed by atoms with Crippen molar-refractivity contribution in [3.8, 4) is 17.0 Å². The van der Waals surface area contributed by atoms with Crippen molar-refractivity contribution in [2.75, 3.05) is 0 Å². The van der Waals surface area contributed by atoms with Gasteiger partial charge in [0.1, 0.15) is 22.8 Å². The molecule has 3 rings (SSSR count). The first kappa shape index (κ1) is 18.8. The maximum absolute atomic E-state index is 12.5. The summed E-state index contributed by atoms with van der Waals surface area (Å²) in [6.07, 6.45) is 1.52. The van der Waals surface area contributed by atoms with Crippen LogP contribution in [0.2, 0.25) is 0 Å². The van der Waals surface area contributed by atoms with Gasteiger partial charge in [0.25, 0.3) is 5.91 Å². The summed E-state index contributed by atoms with van der Waals surface area (Å²) in [7, 11) is 0. The SMILES string of the molecule is Cc1onc(-c2ccccc2)c1C(=O)N/N=C/c1cc(I)c(O)c(I)c1. The number of phenols is 1. The summed E-state index contributed by atoms with van der Waals surface area (Å²) in [5.41, 5.74) is 4.89. The highest BCUT2D eigenvalue weighted by Gasteiger charge is 2.21. The molecular formula is C18H13I2N3O3. The van der Waals surface area contributed by atoms with Crippen molar-refractivity contribution in [2.45, 2.75) is 6.92 Å². The number of aromatic hydroxyl groups is 1. The number of hydrazone groups is 1. The van der Waals surface area contributed by atoms with Gasteiger partial charge in [-0.1, -0.05) is 35.5 Å². The Bertz CT molecular complexity index is 962. The van der Waals surface area contributed by atoms with Gasteiger partial charge in [0, 0.05) is 5.56 Å². The molecule has 0 unspecified atom stereocenters. The van der Waals surface area contributed by atoms with E-state index in [-0.39, 0.29) is 5.75 Å². The fourth-order valence-corrected chi connectivity index (χ4v) is 4.13. The summed E-state index contributed by atoms with van der Waals surface area (Å²) in [4.78, 5) is 12.5. The number of amides is 1. The summed E-state index contributed by atoms with van der Waals surface area (Å²) in [6.45, 7) is 1.68. The topological polar surface area (TPSA) is 87.7 Å². The Kier molecular flexibility index (Phi) is 5.91. The normalized spacial score (nSPS) is 11.0. The van der Waals surface area contributed by atoms with Gasteiger partial charge in [-0.2, -0.15) is 5.10 Å². The summed E-state index contributed by atoms with van der Waals surface area (Å²) >= 11 is 4.08. The Balaban J connectivity index is 1.80. The van der Waals surface area contributed by atoms with Crippen LogP contribution in [-0.4, -0.2) is 22.4 Å². The summed E-state index contributed by atoms with van der Waals surface area (Å²) < 4.78 is 6.61. The first-order valence-corrected chi connectivity index (χ1v) is 9.66. The Morgan fingerprint density at radius 1 is 1.23 bits per heavy atom. The zero-order valence-electron chi connectivity index (χ0n) is 13.5. The Morgan fingerprint density at radius 3 is 2.54 bits per heavy atom. The molecular weight excluding hydrogens is 560 g/mol. The lowest BCUT2D eigenvalue weighted by atomic mass is 10.1. The van der Waals surface area contributed by atoms with Gasteiger partial charge in [-0.15, -0.1) is 0 Å². The number of carbonyl (C=O) groups excluding carboxylic acids is 1. The van der Waals surface area contributed by atoms with Crippen molar-refractivity contribution in [2.24, 2.45) is 5.10 Å². The van der Waals surface area contributed by atoms with Crippen molar-refractivity contribution in [1.82, 2.24) is 10.6 Å². The molecule has 0 aliphatic carbocycles. The molecule has 0 aliphatic rings. The van der Waals surface area contributed by atoms with Crippen molar-refractivity contribution in [3.63, 3.8) is 0 Å². The smallest absolute Gasteiger partial charge is 0.277 e. The minimum atomic E-state index is -0.401. The van der Waals surface area contributed by atoms with Crippen LogP contribution >= 0.6 is 45.2 Å². The van der Waals surface area contributed by atoms with Crippen LogP contribution in [-0.2, 0) is 0 Å². The van der Waals surface area contributed by atoms with Gasteiger partial charge in [0.2, 0.25) is 0 Å². The van der Waals surface area contributed by atoms with Gasteiger partial charge in [-0.25, -0.2) is 5.43 Å². The number of aryl methyl sites for hydroxylation is 1. The van der Waals surface area contributed by atoms with Gasteiger partial charge in [-0.05, 0) is 69.8 Å². The molecule has 6 nitrogen and oxygen atoms in total. The average Bonchev–Trinajstić information content (AvgIpc) is 3.02. The van der Waals surface area contributed by atoms with Crippen LogP contribution in [0.5, 0.6) is 5.75 Å². The molecule has 1 heterocycles. The van der Waals surface area contributed by atoms with E-state index in [1.54, 1.807) is 19.1 Å². The van der Waals surface area contributed by atoms with E-state index in [4.69, 9.17) is 4.52 Å². The zero-order chi connectivity index (χ0) is 18.7. The maximum atomic E-state index is 12.5. The monoisotopic (exact) mass is 573 g/mol. The average molecular weight is 573 g/mol. The second-order valence-corrected chi connectivity index (χ2v) is 7.69. The van der Waals surface area contributed by atoms with Crippen LogP contribution in [0.3, 0.4) is 0 Å². The van der Waals surface area contributed by atoms with Crippen LogP contribution < -0.4 is 5.43 Å². The second-order valence-electron chi connectivity index (χ2n) is 5.36. The molecule has 0 atom stereocenters. The summed E-state index contributed by atoms with van der Waals surface area (Å²) in [6, 6.07) is 12.9. The van der Waals surface area contributed by atoms with Gasteiger partial charge in [0.05, 0.1) is 13.4 Å². The lowest BCUT2D eigenvalue weighted by Crippen LogP contribution is -2.18. The lowest BCUT2D eigenvalue weighted by Gasteiger charge is -2.03. The number of halogens is 2. The highest BCUT2D eigenvalue weighted by Crippen LogP contribution is 2.27. The van der Waals surface area contributed by atoms with E-state index in [0.717, 1.165) is 11.1 Å². The molecule has 0 fully saturated rings. The van der Waals surface area contributed by atoms with Crippen LogP contribution in [0.15, 0.2) is 52.1 Å². The van der Waals surface area contributed by atoms with Crippen molar-refractivity contribution < 1.29 is 14.4 Å². The molecule has 0 bridgehead atoms. The fourth-order valence-electron chi connectivity index (χ4n) is 2.31. The van der Waals surface area contributed by atoms with Crippen LogP contribution in [0.25, 0.3) is 11.3 Å². The number of phenolic OH excluding ortho intramolecular Hbond substituents is 1. The highest BCUT2D eigenvalue weighted by molar-refractivity contribution is 14.1. The fraction of sp³-hybridized carbons (Fsp3) is 0.0556. The molecule has 0 saturated heterocycles. The van der Waals surface area contributed by atoms with Crippen LogP contribution in [0.1, 0.15) is 21.7 Å². The Labute approximate surface area is 177 Å². The van der Waals surface area contributed by atoms with Crippen molar-refractivity contribution >= 4 is 57.3 Å². The third kappa shape index (κ3) is 4.06. The zero-order valence-corrected chi connectivity index (χ0v) is 17.8. The summed E-state index contributed by atoms with van der Waals surface area (Å²) in [5.74, 6) is 0.257. The van der Waals surface area contributed by atoms with Crippen molar-refractivity contribution in [3.05, 3.63) is 66.5 Å². The minimum Gasteiger partial charge on any atom is -0.506 e. The van der Waals surface area contributed by atoms with Gasteiger partial charge >= 0.3 is 0 Å². The van der Waals surface area contributed by atoms with Crippen LogP contribution in [0, 0.1) is 14.1 Å². The molecule has 1 aromatic heterocycles. The van der Waals surface area contributed by atoms with Gasteiger partial charge in [0.15, 0.2) is 0 Å². The van der Waals surface area contributed by atoms with E-state index in [0.29, 0.717) is 24.2 Å². The van der Waals surface area contributed by atoms with E-state index >= 15 is 0 Å². The largest absolute Gasteiger partial charge is 0.506 e. The highest BCUT2D eigenvalue weighted by atomic mass is 127.